The first-order valence-corrected chi connectivity index (χ1v) is 8.71. The van der Waals surface area contributed by atoms with E-state index in [1.807, 2.05) is 30.3 Å². The number of carbonyl (C=O) groups is 1. The number of rotatable bonds is 6. The predicted octanol–water partition coefficient (Wildman–Crippen LogP) is 3.25. The van der Waals surface area contributed by atoms with E-state index >= 15 is 0 Å². The molecule has 138 valence electrons. The lowest BCUT2D eigenvalue weighted by Crippen LogP contribution is -2.44. The second-order valence-electron chi connectivity index (χ2n) is 5.96. The number of hydrogen-bond acceptors (Lipinski definition) is 4. The molecule has 0 fully saturated rings. The van der Waals surface area contributed by atoms with Crippen LogP contribution in [0.1, 0.15) is 12.0 Å². The second-order valence-corrected chi connectivity index (χ2v) is 5.96. The number of urea groups is 1. The number of nitrogens with zero attached hydrogens (tertiary/aromatic N) is 1. The van der Waals surface area contributed by atoms with Crippen molar-refractivity contribution >= 4 is 11.7 Å². The molecule has 3 rings (SSSR count). The number of carbonyl (C=O) groups excluding carboxylic acids is 1. The maximum Gasteiger partial charge on any atom is 0.321 e. The molecule has 0 unspecified atom stereocenters. The fraction of sp³-hybridized carbons (Fsp3) is 0.350. The SMILES string of the molecule is COc1cccc(OCCNC(=O)N2CCCc3ccccc32)c1OC. The number of aryl methyl sites for hydroxylation is 1. The molecule has 6 nitrogen and oxygen atoms in total. The van der Waals surface area contributed by atoms with Gasteiger partial charge in [0, 0.05) is 12.2 Å². The zero-order chi connectivity index (χ0) is 18.4. The Labute approximate surface area is 153 Å². The summed E-state index contributed by atoms with van der Waals surface area (Å²) >= 11 is 0. The third-order valence-electron chi connectivity index (χ3n) is 4.36. The Balaban J connectivity index is 1.54. The van der Waals surface area contributed by atoms with Crippen LogP contribution in [0.25, 0.3) is 0 Å². The standard InChI is InChI=1S/C20H24N2O4/c1-24-17-10-5-11-18(19(17)25-2)26-14-12-21-20(23)22-13-6-8-15-7-3-4-9-16(15)22/h3-5,7,9-11H,6,8,12-14H2,1-2H3,(H,21,23). The van der Waals surface area contributed by atoms with Gasteiger partial charge >= 0.3 is 6.03 Å². The van der Waals surface area contributed by atoms with Crippen molar-refractivity contribution in [3.05, 3.63) is 48.0 Å². The van der Waals surface area contributed by atoms with E-state index in [1.165, 1.54) is 5.56 Å². The summed E-state index contributed by atoms with van der Waals surface area (Å²) in [6, 6.07) is 13.4. The molecule has 0 saturated heterocycles. The minimum atomic E-state index is -0.0987. The Hall–Kier alpha value is -2.89. The summed E-state index contributed by atoms with van der Waals surface area (Å²) in [6.45, 7) is 1.47. The van der Waals surface area contributed by atoms with Crippen molar-refractivity contribution in [1.29, 1.82) is 0 Å². The Morgan fingerprint density at radius 2 is 1.88 bits per heavy atom. The number of fused-ring (bicyclic) bond motifs is 1. The van der Waals surface area contributed by atoms with Crippen LogP contribution in [0.5, 0.6) is 17.2 Å². The smallest absolute Gasteiger partial charge is 0.321 e. The van der Waals surface area contributed by atoms with Crippen LogP contribution < -0.4 is 24.4 Å². The lowest BCUT2D eigenvalue weighted by atomic mass is 10.0. The molecular weight excluding hydrogens is 332 g/mol. The molecule has 1 N–H and O–H groups in total. The molecule has 2 aromatic carbocycles. The normalized spacial score (nSPS) is 12.9. The van der Waals surface area contributed by atoms with Crippen LogP contribution in [0.3, 0.4) is 0 Å². The van der Waals surface area contributed by atoms with E-state index in [9.17, 15) is 4.79 Å². The fourth-order valence-corrected chi connectivity index (χ4v) is 3.13. The summed E-state index contributed by atoms with van der Waals surface area (Å²) in [5.74, 6) is 1.75. The van der Waals surface area contributed by atoms with E-state index in [1.54, 1.807) is 25.2 Å². The van der Waals surface area contributed by atoms with Gasteiger partial charge in [-0.1, -0.05) is 24.3 Å². The first-order chi connectivity index (χ1) is 12.7. The summed E-state index contributed by atoms with van der Waals surface area (Å²) < 4.78 is 16.3. The monoisotopic (exact) mass is 356 g/mol. The summed E-state index contributed by atoms with van der Waals surface area (Å²) in [6.07, 6.45) is 1.99. The Morgan fingerprint density at radius 3 is 2.69 bits per heavy atom. The minimum absolute atomic E-state index is 0.0987. The molecule has 26 heavy (non-hydrogen) atoms. The number of anilines is 1. The van der Waals surface area contributed by atoms with E-state index in [4.69, 9.17) is 14.2 Å². The van der Waals surface area contributed by atoms with Gasteiger partial charge in [0.15, 0.2) is 11.5 Å². The number of para-hydroxylation sites is 2. The van der Waals surface area contributed by atoms with Crippen molar-refractivity contribution < 1.29 is 19.0 Å². The molecule has 0 aliphatic carbocycles. The second kappa shape index (κ2) is 8.47. The quantitative estimate of drug-likeness (QED) is 0.807. The molecule has 0 radical (unpaired) electrons. The molecule has 6 heteroatoms. The zero-order valence-corrected chi connectivity index (χ0v) is 15.2. The van der Waals surface area contributed by atoms with E-state index in [0.29, 0.717) is 30.4 Å². The van der Waals surface area contributed by atoms with Gasteiger partial charge in [0.05, 0.1) is 20.8 Å². The van der Waals surface area contributed by atoms with Crippen LogP contribution in [-0.4, -0.2) is 39.9 Å². The van der Waals surface area contributed by atoms with Gasteiger partial charge in [-0.15, -0.1) is 0 Å². The van der Waals surface area contributed by atoms with E-state index in [-0.39, 0.29) is 6.03 Å². The van der Waals surface area contributed by atoms with Crippen LogP contribution in [0.15, 0.2) is 42.5 Å². The highest BCUT2D eigenvalue weighted by Crippen LogP contribution is 2.36. The highest BCUT2D eigenvalue weighted by atomic mass is 16.5. The molecule has 0 saturated carbocycles. The molecule has 0 spiro atoms. The third kappa shape index (κ3) is 3.85. The summed E-state index contributed by atoms with van der Waals surface area (Å²) in [5.41, 5.74) is 2.21. The van der Waals surface area contributed by atoms with Crippen molar-refractivity contribution in [2.45, 2.75) is 12.8 Å². The van der Waals surface area contributed by atoms with Gasteiger partial charge in [-0.25, -0.2) is 4.79 Å². The zero-order valence-electron chi connectivity index (χ0n) is 15.2. The molecule has 0 atom stereocenters. The maximum absolute atomic E-state index is 12.5. The number of ether oxygens (including phenoxy) is 3. The lowest BCUT2D eigenvalue weighted by molar-refractivity contribution is 0.240. The Morgan fingerprint density at radius 1 is 1.08 bits per heavy atom. The summed E-state index contributed by atoms with van der Waals surface area (Å²) in [7, 11) is 3.15. The van der Waals surface area contributed by atoms with Crippen molar-refractivity contribution in [3.63, 3.8) is 0 Å². The molecular formula is C20H24N2O4. The highest BCUT2D eigenvalue weighted by Gasteiger charge is 2.21. The predicted molar refractivity (Wildman–Crippen MR) is 101 cm³/mol. The molecule has 0 aromatic heterocycles. The van der Waals surface area contributed by atoms with Crippen molar-refractivity contribution in [2.24, 2.45) is 0 Å². The van der Waals surface area contributed by atoms with Crippen molar-refractivity contribution in [3.8, 4) is 17.2 Å². The summed E-state index contributed by atoms with van der Waals surface area (Å²) in [4.78, 5) is 14.3. The first-order valence-electron chi connectivity index (χ1n) is 8.71. The lowest BCUT2D eigenvalue weighted by Gasteiger charge is -2.29. The number of amides is 2. The Bertz CT molecular complexity index is 763. The molecule has 1 heterocycles. The van der Waals surface area contributed by atoms with E-state index < -0.39 is 0 Å². The van der Waals surface area contributed by atoms with Crippen molar-refractivity contribution in [2.75, 3.05) is 38.8 Å². The third-order valence-corrected chi connectivity index (χ3v) is 4.36. The first kappa shape index (κ1) is 17.9. The highest BCUT2D eigenvalue weighted by molar-refractivity contribution is 5.93. The van der Waals surface area contributed by atoms with Crippen LogP contribution >= 0.6 is 0 Å². The van der Waals surface area contributed by atoms with Crippen LogP contribution in [0.4, 0.5) is 10.5 Å². The van der Waals surface area contributed by atoms with Crippen molar-refractivity contribution in [1.82, 2.24) is 5.32 Å². The van der Waals surface area contributed by atoms with Gasteiger partial charge in [-0.05, 0) is 36.6 Å². The number of benzene rings is 2. The van der Waals surface area contributed by atoms with Gasteiger partial charge in [0.25, 0.3) is 0 Å². The van der Waals surface area contributed by atoms with Crippen LogP contribution in [0.2, 0.25) is 0 Å². The fourth-order valence-electron chi connectivity index (χ4n) is 3.13. The molecule has 2 amide bonds. The van der Waals surface area contributed by atoms with E-state index in [0.717, 1.165) is 25.1 Å². The number of hydrogen-bond donors (Lipinski definition) is 1. The van der Waals surface area contributed by atoms with Crippen LogP contribution in [0, 0.1) is 0 Å². The molecule has 1 aliphatic rings. The molecule has 1 aliphatic heterocycles. The van der Waals surface area contributed by atoms with Gasteiger partial charge < -0.3 is 19.5 Å². The maximum atomic E-state index is 12.5. The van der Waals surface area contributed by atoms with E-state index in [2.05, 4.69) is 11.4 Å². The van der Waals surface area contributed by atoms with Crippen LogP contribution in [-0.2, 0) is 6.42 Å². The average molecular weight is 356 g/mol. The summed E-state index contributed by atoms with van der Waals surface area (Å²) in [5, 5.41) is 2.92. The molecule has 2 aromatic rings. The van der Waals surface area contributed by atoms with Gasteiger partial charge in [0.1, 0.15) is 6.61 Å². The average Bonchev–Trinajstić information content (AvgIpc) is 2.70. The number of methoxy groups -OCH3 is 2. The topological polar surface area (TPSA) is 60.0 Å². The Kier molecular flexibility index (Phi) is 5.84. The number of nitrogens with one attached hydrogen (secondary N) is 1. The van der Waals surface area contributed by atoms with Gasteiger partial charge in [-0.3, -0.25) is 4.90 Å². The minimum Gasteiger partial charge on any atom is -0.493 e. The van der Waals surface area contributed by atoms with Gasteiger partial charge in [0.2, 0.25) is 5.75 Å². The largest absolute Gasteiger partial charge is 0.493 e. The molecule has 0 bridgehead atoms. The van der Waals surface area contributed by atoms with Gasteiger partial charge in [-0.2, -0.15) is 0 Å².